The minimum absolute atomic E-state index is 0.305. The van der Waals surface area contributed by atoms with E-state index in [1.165, 1.54) is 22.9 Å². The number of fused-ring (bicyclic) bond motifs is 1. The maximum atomic E-state index is 6.17. The first-order valence-corrected chi connectivity index (χ1v) is 8.52. The Kier molecular flexibility index (Phi) is 3.17. The molecule has 1 aliphatic carbocycles. The van der Waals surface area contributed by atoms with Crippen LogP contribution >= 0.6 is 0 Å². The predicted molar refractivity (Wildman–Crippen MR) is 94.0 cm³/mol. The van der Waals surface area contributed by atoms with Gasteiger partial charge in [-0.05, 0) is 62.3 Å². The summed E-state index contributed by atoms with van der Waals surface area (Å²) in [5, 5.41) is 2.39. The van der Waals surface area contributed by atoms with Crippen LogP contribution in [0.15, 0.2) is 30.5 Å². The minimum Gasteiger partial charge on any atom is -0.399 e. The van der Waals surface area contributed by atoms with Gasteiger partial charge in [-0.2, -0.15) is 0 Å². The first-order chi connectivity index (χ1) is 10.8. The SMILES string of the molecule is C[C@@H]1C[C@@H]1c1cc2cc(B3OC(C)(C)C(C)(C)O3)ccc2cn1. The highest BCUT2D eigenvalue weighted by molar-refractivity contribution is 6.62. The highest BCUT2D eigenvalue weighted by Crippen LogP contribution is 2.46. The van der Waals surface area contributed by atoms with E-state index in [2.05, 4.69) is 63.9 Å². The van der Waals surface area contributed by atoms with Gasteiger partial charge in [-0.15, -0.1) is 0 Å². The fourth-order valence-corrected chi connectivity index (χ4v) is 3.24. The Labute approximate surface area is 138 Å². The standard InChI is InChI=1S/C19H24BNO2/c1-12-8-16(12)17-10-14-9-15(7-6-13(14)11-21-17)20-22-18(2,3)19(4,5)23-20/h6-7,9-12,16H,8H2,1-5H3/t12-,16+/m1/s1. The van der Waals surface area contributed by atoms with Gasteiger partial charge in [-0.1, -0.05) is 25.1 Å². The number of rotatable bonds is 2. The summed E-state index contributed by atoms with van der Waals surface area (Å²) in [6, 6.07) is 8.63. The van der Waals surface area contributed by atoms with Crippen molar-refractivity contribution in [2.45, 2.75) is 58.2 Å². The van der Waals surface area contributed by atoms with Gasteiger partial charge in [0.25, 0.3) is 0 Å². The Hall–Kier alpha value is -1.39. The van der Waals surface area contributed by atoms with Crippen LogP contribution in [0.4, 0.5) is 0 Å². The molecule has 23 heavy (non-hydrogen) atoms. The van der Waals surface area contributed by atoms with Crippen LogP contribution in [0.25, 0.3) is 10.8 Å². The van der Waals surface area contributed by atoms with E-state index in [1.807, 2.05) is 6.20 Å². The Morgan fingerprint density at radius 1 is 1.04 bits per heavy atom. The largest absolute Gasteiger partial charge is 0.494 e. The zero-order valence-electron chi connectivity index (χ0n) is 14.6. The van der Waals surface area contributed by atoms with Gasteiger partial charge in [-0.3, -0.25) is 4.98 Å². The van der Waals surface area contributed by atoms with Crippen LogP contribution in [0.1, 0.15) is 52.7 Å². The molecule has 0 amide bonds. The van der Waals surface area contributed by atoms with Crippen LogP contribution in [0.5, 0.6) is 0 Å². The zero-order chi connectivity index (χ0) is 16.4. The first-order valence-electron chi connectivity index (χ1n) is 8.52. The van der Waals surface area contributed by atoms with Gasteiger partial charge >= 0.3 is 7.12 Å². The normalized spacial score (nSPS) is 28.3. The Balaban J connectivity index is 1.69. The molecule has 1 saturated heterocycles. The summed E-state index contributed by atoms with van der Waals surface area (Å²) in [4.78, 5) is 4.63. The lowest BCUT2D eigenvalue weighted by Gasteiger charge is -2.32. The molecule has 1 saturated carbocycles. The van der Waals surface area contributed by atoms with Crippen molar-refractivity contribution in [1.82, 2.24) is 4.98 Å². The van der Waals surface area contributed by atoms with E-state index in [4.69, 9.17) is 9.31 Å². The number of nitrogens with zero attached hydrogens (tertiary/aromatic N) is 1. The summed E-state index contributed by atoms with van der Waals surface area (Å²) < 4.78 is 12.3. The van der Waals surface area contributed by atoms with Crippen molar-refractivity contribution >= 4 is 23.4 Å². The molecule has 0 spiro atoms. The molecule has 0 N–H and O–H groups in total. The average molecular weight is 309 g/mol. The smallest absolute Gasteiger partial charge is 0.399 e. The summed E-state index contributed by atoms with van der Waals surface area (Å²) in [5.74, 6) is 1.41. The highest BCUT2D eigenvalue weighted by Gasteiger charge is 2.51. The zero-order valence-corrected chi connectivity index (χ0v) is 14.6. The number of hydrogen-bond donors (Lipinski definition) is 0. The van der Waals surface area contributed by atoms with Crippen molar-refractivity contribution < 1.29 is 9.31 Å². The van der Waals surface area contributed by atoms with E-state index in [-0.39, 0.29) is 18.3 Å². The van der Waals surface area contributed by atoms with Crippen LogP contribution in [-0.2, 0) is 9.31 Å². The van der Waals surface area contributed by atoms with E-state index in [0.29, 0.717) is 5.92 Å². The van der Waals surface area contributed by atoms with Crippen molar-refractivity contribution in [2.24, 2.45) is 5.92 Å². The van der Waals surface area contributed by atoms with E-state index in [9.17, 15) is 0 Å². The molecule has 2 aliphatic rings. The van der Waals surface area contributed by atoms with Crippen LogP contribution < -0.4 is 5.46 Å². The summed E-state index contributed by atoms with van der Waals surface area (Å²) in [5.41, 5.74) is 1.69. The van der Waals surface area contributed by atoms with Crippen LogP contribution in [0.2, 0.25) is 0 Å². The van der Waals surface area contributed by atoms with E-state index < -0.39 is 0 Å². The van der Waals surface area contributed by atoms with Gasteiger partial charge in [0, 0.05) is 17.8 Å². The third-order valence-corrected chi connectivity index (χ3v) is 5.78. The maximum absolute atomic E-state index is 6.17. The fourth-order valence-electron chi connectivity index (χ4n) is 3.24. The summed E-state index contributed by atoms with van der Waals surface area (Å²) in [7, 11) is -0.305. The quantitative estimate of drug-likeness (QED) is 0.793. The Morgan fingerprint density at radius 3 is 2.30 bits per heavy atom. The highest BCUT2D eigenvalue weighted by atomic mass is 16.7. The molecular weight excluding hydrogens is 285 g/mol. The van der Waals surface area contributed by atoms with Crippen molar-refractivity contribution in [1.29, 1.82) is 0 Å². The van der Waals surface area contributed by atoms with Crippen LogP contribution in [0, 0.1) is 5.92 Å². The van der Waals surface area contributed by atoms with Crippen molar-refractivity contribution in [3.63, 3.8) is 0 Å². The molecule has 0 bridgehead atoms. The monoisotopic (exact) mass is 309 g/mol. The van der Waals surface area contributed by atoms with Crippen LogP contribution in [0.3, 0.4) is 0 Å². The van der Waals surface area contributed by atoms with Crippen molar-refractivity contribution in [3.8, 4) is 0 Å². The molecule has 0 radical (unpaired) electrons. The Bertz CT molecular complexity index is 755. The number of hydrogen-bond acceptors (Lipinski definition) is 3. The summed E-state index contributed by atoms with van der Waals surface area (Å²) in [6.45, 7) is 10.6. The molecule has 1 aliphatic heterocycles. The first kappa shape index (κ1) is 15.2. The molecule has 1 aromatic carbocycles. The second kappa shape index (κ2) is 4.81. The molecular formula is C19H24BNO2. The molecule has 2 aromatic rings. The number of pyridine rings is 1. The average Bonchev–Trinajstić information content (AvgIpc) is 3.16. The lowest BCUT2D eigenvalue weighted by atomic mass is 9.78. The number of aromatic nitrogens is 1. The van der Waals surface area contributed by atoms with Gasteiger partial charge in [0.1, 0.15) is 0 Å². The van der Waals surface area contributed by atoms with Gasteiger partial charge < -0.3 is 9.31 Å². The lowest BCUT2D eigenvalue weighted by molar-refractivity contribution is 0.00578. The molecule has 0 unspecified atom stereocenters. The second-order valence-electron chi connectivity index (χ2n) is 8.12. The van der Waals surface area contributed by atoms with E-state index >= 15 is 0 Å². The molecule has 2 atom stereocenters. The molecule has 3 nitrogen and oxygen atoms in total. The van der Waals surface area contributed by atoms with Gasteiger partial charge in [0.15, 0.2) is 0 Å². The molecule has 2 fully saturated rings. The predicted octanol–water partition coefficient (Wildman–Crippen LogP) is 3.66. The molecule has 120 valence electrons. The number of benzene rings is 1. The van der Waals surface area contributed by atoms with Gasteiger partial charge in [-0.25, -0.2) is 0 Å². The lowest BCUT2D eigenvalue weighted by Crippen LogP contribution is -2.41. The third-order valence-electron chi connectivity index (χ3n) is 5.78. The fraction of sp³-hybridized carbons (Fsp3) is 0.526. The summed E-state index contributed by atoms with van der Waals surface area (Å²) in [6.07, 6.45) is 3.25. The molecule has 4 rings (SSSR count). The Morgan fingerprint density at radius 2 is 1.70 bits per heavy atom. The van der Waals surface area contributed by atoms with Crippen LogP contribution in [-0.4, -0.2) is 23.3 Å². The van der Waals surface area contributed by atoms with Crippen molar-refractivity contribution in [3.05, 3.63) is 36.2 Å². The topological polar surface area (TPSA) is 31.4 Å². The molecule has 1 aromatic heterocycles. The van der Waals surface area contributed by atoms with E-state index in [0.717, 1.165) is 11.4 Å². The molecule has 2 heterocycles. The maximum Gasteiger partial charge on any atom is 0.494 e. The minimum atomic E-state index is -0.306. The third kappa shape index (κ3) is 2.49. The summed E-state index contributed by atoms with van der Waals surface area (Å²) >= 11 is 0. The molecule has 4 heteroatoms. The van der Waals surface area contributed by atoms with Gasteiger partial charge in [0.05, 0.1) is 11.2 Å². The van der Waals surface area contributed by atoms with E-state index in [1.54, 1.807) is 0 Å². The second-order valence-corrected chi connectivity index (χ2v) is 8.12. The van der Waals surface area contributed by atoms with Crippen molar-refractivity contribution in [2.75, 3.05) is 0 Å². The van der Waals surface area contributed by atoms with Gasteiger partial charge in [0.2, 0.25) is 0 Å².